The smallest absolute Gasteiger partial charge is 0.316 e. The number of aliphatic hydroxyl groups is 1. The van der Waals surface area contributed by atoms with Crippen molar-refractivity contribution >= 4 is 12.7 Å². The minimum atomic E-state index is -0.0887. The predicted molar refractivity (Wildman–Crippen MR) is 72.3 cm³/mol. The Labute approximate surface area is 103 Å². The largest absolute Gasteiger partial charge is 0.461 e. The molecule has 0 aliphatic heterocycles. The van der Waals surface area contributed by atoms with Crippen molar-refractivity contribution in [3.63, 3.8) is 0 Å². The normalized spacial score (nSPS) is 12.0. The topological polar surface area (TPSA) is 54.2 Å². The molecule has 4 nitrogen and oxygen atoms in total. The van der Waals surface area contributed by atoms with Crippen molar-refractivity contribution in [1.82, 2.24) is 0 Å². The molecule has 0 radical (unpaired) electrons. The van der Waals surface area contributed by atoms with E-state index < -0.39 is 0 Å². The Kier molecular flexibility index (Phi) is 7.63. The third kappa shape index (κ3) is 7.25. The van der Waals surface area contributed by atoms with E-state index in [0.29, 0.717) is 5.70 Å². The van der Waals surface area contributed by atoms with Gasteiger partial charge in [0.15, 0.2) is 0 Å². The Bertz CT molecular complexity index is 362. The molecular weight excluding hydrogens is 216 g/mol. The van der Waals surface area contributed by atoms with Gasteiger partial charge < -0.3 is 9.84 Å². The van der Waals surface area contributed by atoms with Crippen LogP contribution in [0.3, 0.4) is 0 Å². The maximum Gasteiger partial charge on any atom is 0.316 e. The second kappa shape index (κ2) is 8.47. The summed E-state index contributed by atoms with van der Waals surface area (Å²) in [7, 11) is 0. The Morgan fingerprint density at radius 3 is 2.35 bits per heavy atom. The number of allylic oxidation sites excluding steroid dienone is 4. The molecule has 0 aliphatic carbocycles. The highest BCUT2D eigenvalue weighted by molar-refractivity contribution is 5.80. The van der Waals surface area contributed by atoms with Crippen molar-refractivity contribution in [3.05, 3.63) is 35.6 Å². The molecule has 0 bridgehead atoms. The van der Waals surface area contributed by atoms with Crippen molar-refractivity contribution in [2.45, 2.75) is 20.8 Å². The first kappa shape index (κ1) is 15.3. The van der Waals surface area contributed by atoms with Gasteiger partial charge in [0, 0.05) is 0 Å². The summed E-state index contributed by atoms with van der Waals surface area (Å²) in [5.41, 5.74) is 2.63. The van der Waals surface area contributed by atoms with Crippen LogP contribution in [0.2, 0.25) is 0 Å². The van der Waals surface area contributed by atoms with Crippen molar-refractivity contribution in [3.8, 4) is 0 Å². The van der Waals surface area contributed by atoms with Crippen molar-refractivity contribution in [2.24, 2.45) is 9.98 Å². The van der Waals surface area contributed by atoms with E-state index in [2.05, 4.69) is 23.3 Å². The molecule has 1 N–H and O–H groups in total. The number of hydrogen-bond acceptors (Lipinski definition) is 3. The second-order valence-corrected chi connectivity index (χ2v) is 3.70. The number of rotatable bonds is 5. The Morgan fingerprint density at radius 2 is 1.94 bits per heavy atom. The van der Waals surface area contributed by atoms with Gasteiger partial charge in [-0.1, -0.05) is 18.2 Å². The SMILES string of the molecule is C=NC(=N/C(=C/C=C(C)C)C(=C)C)OCCO. The number of amidine groups is 1. The van der Waals surface area contributed by atoms with Gasteiger partial charge >= 0.3 is 6.02 Å². The van der Waals surface area contributed by atoms with Crippen molar-refractivity contribution in [1.29, 1.82) is 0 Å². The van der Waals surface area contributed by atoms with Gasteiger partial charge in [0.1, 0.15) is 6.61 Å². The van der Waals surface area contributed by atoms with E-state index in [9.17, 15) is 0 Å². The molecule has 0 heterocycles. The molecule has 0 saturated carbocycles. The molecule has 0 spiro atoms. The quantitative estimate of drug-likeness (QED) is 0.453. The van der Waals surface area contributed by atoms with Gasteiger partial charge in [0.25, 0.3) is 0 Å². The molecule has 0 unspecified atom stereocenters. The molecule has 0 atom stereocenters. The maximum absolute atomic E-state index is 8.65. The molecule has 0 aliphatic rings. The molecule has 94 valence electrons. The molecule has 0 fully saturated rings. The summed E-state index contributed by atoms with van der Waals surface area (Å²) in [5.74, 6) is 0. The zero-order chi connectivity index (χ0) is 13.3. The van der Waals surface area contributed by atoms with E-state index in [1.807, 2.05) is 32.9 Å². The highest BCUT2D eigenvalue weighted by atomic mass is 16.5. The summed E-state index contributed by atoms with van der Waals surface area (Å²) >= 11 is 0. The lowest BCUT2D eigenvalue weighted by molar-refractivity contribution is 0.192. The van der Waals surface area contributed by atoms with Crippen LogP contribution in [0.1, 0.15) is 20.8 Å². The van der Waals surface area contributed by atoms with Crippen LogP contribution in [-0.2, 0) is 4.74 Å². The van der Waals surface area contributed by atoms with E-state index in [4.69, 9.17) is 9.84 Å². The van der Waals surface area contributed by atoms with E-state index in [1.165, 1.54) is 0 Å². The average molecular weight is 236 g/mol. The lowest BCUT2D eigenvalue weighted by Gasteiger charge is -2.04. The molecule has 0 aromatic carbocycles. The van der Waals surface area contributed by atoms with E-state index in [0.717, 1.165) is 11.1 Å². The fraction of sp³-hybridized carbons (Fsp3) is 0.385. The average Bonchev–Trinajstić information content (AvgIpc) is 2.27. The highest BCUT2D eigenvalue weighted by Gasteiger charge is 2.00. The van der Waals surface area contributed by atoms with Gasteiger partial charge in [-0.2, -0.15) is 4.99 Å². The van der Waals surface area contributed by atoms with Gasteiger partial charge in [-0.05, 0) is 39.1 Å². The summed E-state index contributed by atoms with van der Waals surface area (Å²) in [4.78, 5) is 7.81. The van der Waals surface area contributed by atoms with Crippen LogP contribution in [-0.4, -0.2) is 31.1 Å². The second-order valence-electron chi connectivity index (χ2n) is 3.70. The first-order valence-electron chi connectivity index (χ1n) is 5.31. The first-order chi connectivity index (χ1) is 8.01. The van der Waals surface area contributed by atoms with E-state index in [-0.39, 0.29) is 19.2 Å². The third-order valence-corrected chi connectivity index (χ3v) is 1.69. The van der Waals surface area contributed by atoms with E-state index in [1.54, 1.807) is 0 Å². The Balaban J connectivity index is 5.00. The molecule has 4 heteroatoms. The van der Waals surface area contributed by atoms with Crippen LogP contribution < -0.4 is 0 Å². The fourth-order valence-electron chi connectivity index (χ4n) is 0.874. The number of aliphatic hydroxyl groups excluding tert-OH is 1. The standard InChI is InChI=1S/C13H20N2O2/c1-10(2)6-7-12(11(3)4)15-13(14-5)17-9-8-16/h6-7,16H,3,5,8-9H2,1-2,4H3/b12-7+,15-13?. The molecular formula is C13H20N2O2. The van der Waals surface area contributed by atoms with Gasteiger partial charge in [0.05, 0.1) is 12.3 Å². The number of nitrogens with zero attached hydrogens (tertiary/aromatic N) is 2. The van der Waals surface area contributed by atoms with Crippen LogP contribution in [0, 0.1) is 0 Å². The van der Waals surface area contributed by atoms with Crippen LogP contribution >= 0.6 is 0 Å². The predicted octanol–water partition coefficient (Wildman–Crippen LogP) is 2.48. The third-order valence-electron chi connectivity index (χ3n) is 1.69. The van der Waals surface area contributed by atoms with Gasteiger partial charge in [-0.3, -0.25) is 0 Å². The summed E-state index contributed by atoms with van der Waals surface area (Å²) in [5, 5.41) is 8.65. The monoisotopic (exact) mass is 236 g/mol. The van der Waals surface area contributed by atoms with Crippen LogP contribution in [0.25, 0.3) is 0 Å². The fourth-order valence-corrected chi connectivity index (χ4v) is 0.874. The Morgan fingerprint density at radius 1 is 1.29 bits per heavy atom. The number of ether oxygens (including phenoxy) is 1. The lowest BCUT2D eigenvalue weighted by atomic mass is 10.2. The zero-order valence-electron chi connectivity index (χ0n) is 10.7. The Hall–Kier alpha value is -1.68. The molecule has 0 rings (SSSR count). The van der Waals surface area contributed by atoms with Crippen molar-refractivity contribution < 1.29 is 9.84 Å². The molecule has 0 amide bonds. The molecule has 0 aromatic heterocycles. The number of aliphatic imine (C=N–C) groups is 2. The van der Waals surface area contributed by atoms with Crippen LogP contribution in [0.4, 0.5) is 0 Å². The van der Waals surface area contributed by atoms with Crippen LogP contribution in [0.5, 0.6) is 0 Å². The lowest BCUT2D eigenvalue weighted by Crippen LogP contribution is -2.06. The van der Waals surface area contributed by atoms with E-state index >= 15 is 0 Å². The summed E-state index contributed by atoms with van der Waals surface area (Å²) in [6.45, 7) is 13.1. The molecule has 0 aromatic rings. The summed E-state index contributed by atoms with van der Waals surface area (Å²) in [6, 6.07) is 0.135. The summed E-state index contributed by atoms with van der Waals surface area (Å²) < 4.78 is 5.10. The minimum absolute atomic E-state index is 0.0887. The molecule has 0 saturated heterocycles. The van der Waals surface area contributed by atoms with Gasteiger partial charge in [-0.25, -0.2) is 4.99 Å². The molecule has 17 heavy (non-hydrogen) atoms. The number of hydrogen-bond donors (Lipinski definition) is 1. The zero-order valence-corrected chi connectivity index (χ0v) is 10.7. The van der Waals surface area contributed by atoms with Gasteiger partial charge in [0.2, 0.25) is 0 Å². The maximum atomic E-state index is 8.65. The highest BCUT2D eigenvalue weighted by Crippen LogP contribution is 2.10. The minimum Gasteiger partial charge on any atom is -0.461 e. The first-order valence-corrected chi connectivity index (χ1v) is 5.31. The summed E-state index contributed by atoms with van der Waals surface area (Å²) in [6.07, 6.45) is 3.77. The van der Waals surface area contributed by atoms with Crippen LogP contribution in [0.15, 0.2) is 45.6 Å². The van der Waals surface area contributed by atoms with Crippen molar-refractivity contribution in [2.75, 3.05) is 13.2 Å². The van der Waals surface area contributed by atoms with Gasteiger partial charge in [-0.15, -0.1) is 0 Å².